The lowest BCUT2D eigenvalue weighted by Crippen LogP contribution is -2.14. The Hall–Kier alpha value is -1.15. The molecule has 0 heterocycles. The van der Waals surface area contributed by atoms with Crippen LogP contribution >= 0.6 is 0 Å². The molecular formula is C13H18O2. The molecule has 1 atom stereocenters. The standard InChI is InChI=1S/C13H18O2/c1-2-3-9-13(10-14)15-11-12-7-5-4-6-8-12/h4-8,10,13H,2-3,9,11H2,1H3/t13-/m0/s1. The molecular weight excluding hydrogens is 188 g/mol. The van der Waals surface area contributed by atoms with Crippen LogP contribution in [0, 0.1) is 0 Å². The third kappa shape index (κ3) is 4.75. The van der Waals surface area contributed by atoms with Gasteiger partial charge in [-0.25, -0.2) is 0 Å². The average Bonchev–Trinajstić information content (AvgIpc) is 2.31. The van der Waals surface area contributed by atoms with Crippen LogP contribution in [0.2, 0.25) is 0 Å². The van der Waals surface area contributed by atoms with Crippen molar-refractivity contribution in [1.82, 2.24) is 0 Å². The first kappa shape index (κ1) is 11.9. The normalized spacial score (nSPS) is 12.3. The summed E-state index contributed by atoms with van der Waals surface area (Å²) in [5.41, 5.74) is 1.11. The molecule has 0 spiro atoms. The highest BCUT2D eigenvalue weighted by molar-refractivity contribution is 5.55. The number of carbonyl (C=O) groups excluding carboxylic acids is 1. The van der Waals surface area contributed by atoms with Crippen LogP contribution in [0.25, 0.3) is 0 Å². The summed E-state index contributed by atoms with van der Waals surface area (Å²) in [5.74, 6) is 0. The molecule has 0 fully saturated rings. The van der Waals surface area contributed by atoms with Gasteiger partial charge in [0.25, 0.3) is 0 Å². The van der Waals surface area contributed by atoms with Crippen molar-refractivity contribution in [2.45, 2.75) is 38.9 Å². The smallest absolute Gasteiger partial charge is 0.148 e. The Labute approximate surface area is 91.3 Å². The number of rotatable bonds is 7. The molecule has 1 aromatic carbocycles. The third-order valence-corrected chi connectivity index (χ3v) is 2.30. The van der Waals surface area contributed by atoms with E-state index in [0.717, 1.165) is 31.1 Å². The van der Waals surface area contributed by atoms with Crippen LogP contribution in [-0.4, -0.2) is 12.4 Å². The fraction of sp³-hybridized carbons (Fsp3) is 0.462. The molecule has 0 aromatic heterocycles. The first-order chi connectivity index (χ1) is 7.36. The van der Waals surface area contributed by atoms with Crippen molar-refractivity contribution in [3.8, 4) is 0 Å². The van der Waals surface area contributed by atoms with Gasteiger partial charge in [-0.15, -0.1) is 0 Å². The molecule has 2 heteroatoms. The maximum Gasteiger partial charge on any atom is 0.148 e. The lowest BCUT2D eigenvalue weighted by atomic mass is 10.2. The van der Waals surface area contributed by atoms with E-state index in [1.807, 2.05) is 30.3 Å². The van der Waals surface area contributed by atoms with Gasteiger partial charge in [0.05, 0.1) is 6.61 Å². The zero-order chi connectivity index (χ0) is 10.9. The SMILES string of the molecule is CCCC[C@@H](C=O)OCc1ccccc1. The molecule has 0 saturated heterocycles. The quantitative estimate of drug-likeness (QED) is 0.641. The van der Waals surface area contributed by atoms with E-state index < -0.39 is 0 Å². The largest absolute Gasteiger partial charge is 0.366 e. The Morgan fingerprint density at radius 2 is 2.07 bits per heavy atom. The molecule has 0 aliphatic rings. The third-order valence-electron chi connectivity index (χ3n) is 2.30. The Bertz CT molecular complexity index is 269. The van der Waals surface area contributed by atoms with Gasteiger partial charge in [-0.2, -0.15) is 0 Å². The van der Waals surface area contributed by atoms with E-state index in [1.165, 1.54) is 0 Å². The van der Waals surface area contributed by atoms with Crippen LogP contribution in [-0.2, 0) is 16.1 Å². The van der Waals surface area contributed by atoms with E-state index in [4.69, 9.17) is 4.74 Å². The molecule has 0 unspecified atom stereocenters. The van der Waals surface area contributed by atoms with Crippen LogP contribution in [0.1, 0.15) is 31.7 Å². The lowest BCUT2D eigenvalue weighted by molar-refractivity contribution is -0.119. The maximum atomic E-state index is 10.7. The molecule has 0 aliphatic carbocycles. The molecule has 2 nitrogen and oxygen atoms in total. The van der Waals surface area contributed by atoms with Crippen molar-refractivity contribution in [3.05, 3.63) is 35.9 Å². The van der Waals surface area contributed by atoms with E-state index in [-0.39, 0.29) is 6.10 Å². The number of unbranched alkanes of at least 4 members (excludes halogenated alkanes) is 1. The van der Waals surface area contributed by atoms with Gasteiger partial charge in [-0.3, -0.25) is 0 Å². The monoisotopic (exact) mass is 206 g/mol. The van der Waals surface area contributed by atoms with Crippen LogP contribution in [0.15, 0.2) is 30.3 Å². The fourth-order valence-corrected chi connectivity index (χ4v) is 1.37. The molecule has 0 N–H and O–H groups in total. The van der Waals surface area contributed by atoms with E-state index in [1.54, 1.807) is 0 Å². The Kier molecular flexibility index (Phi) is 5.71. The minimum Gasteiger partial charge on any atom is -0.366 e. The zero-order valence-electron chi connectivity index (χ0n) is 9.19. The van der Waals surface area contributed by atoms with Crippen molar-refractivity contribution in [3.63, 3.8) is 0 Å². The highest BCUT2D eigenvalue weighted by atomic mass is 16.5. The van der Waals surface area contributed by atoms with E-state index in [2.05, 4.69) is 6.92 Å². The van der Waals surface area contributed by atoms with Gasteiger partial charge < -0.3 is 9.53 Å². The lowest BCUT2D eigenvalue weighted by Gasteiger charge is -2.11. The van der Waals surface area contributed by atoms with Crippen LogP contribution < -0.4 is 0 Å². The van der Waals surface area contributed by atoms with Gasteiger partial charge in [-0.05, 0) is 12.0 Å². The second kappa shape index (κ2) is 7.18. The molecule has 0 radical (unpaired) electrons. The minimum absolute atomic E-state index is 0.245. The zero-order valence-corrected chi connectivity index (χ0v) is 9.19. The molecule has 1 rings (SSSR count). The molecule has 15 heavy (non-hydrogen) atoms. The first-order valence-corrected chi connectivity index (χ1v) is 5.47. The van der Waals surface area contributed by atoms with Gasteiger partial charge in [0.2, 0.25) is 0 Å². The minimum atomic E-state index is -0.245. The molecule has 0 amide bonds. The molecule has 1 aromatic rings. The number of hydrogen-bond acceptors (Lipinski definition) is 2. The number of hydrogen-bond donors (Lipinski definition) is 0. The highest BCUT2D eigenvalue weighted by Gasteiger charge is 2.06. The summed E-state index contributed by atoms with van der Waals surface area (Å²) in [4.78, 5) is 10.7. The van der Waals surface area contributed by atoms with Crippen molar-refractivity contribution < 1.29 is 9.53 Å². The van der Waals surface area contributed by atoms with Gasteiger partial charge in [0, 0.05) is 0 Å². The molecule has 0 bridgehead atoms. The summed E-state index contributed by atoms with van der Waals surface area (Å²) in [6.45, 7) is 2.63. The summed E-state index contributed by atoms with van der Waals surface area (Å²) >= 11 is 0. The summed E-state index contributed by atoms with van der Waals surface area (Å²) in [6, 6.07) is 9.92. The fourth-order valence-electron chi connectivity index (χ4n) is 1.37. The second-order valence-corrected chi connectivity index (χ2v) is 3.61. The van der Waals surface area contributed by atoms with Crippen molar-refractivity contribution in [2.24, 2.45) is 0 Å². The first-order valence-electron chi connectivity index (χ1n) is 5.47. The predicted molar refractivity (Wildman–Crippen MR) is 60.6 cm³/mol. The average molecular weight is 206 g/mol. The van der Waals surface area contributed by atoms with Gasteiger partial charge >= 0.3 is 0 Å². The van der Waals surface area contributed by atoms with E-state index in [9.17, 15) is 4.79 Å². The second-order valence-electron chi connectivity index (χ2n) is 3.61. The van der Waals surface area contributed by atoms with Gasteiger partial charge in [0.1, 0.15) is 12.4 Å². The van der Waals surface area contributed by atoms with Crippen molar-refractivity contribution in [2.75, 3.05) is 0 Å². The Morgan fingerprint density at radius 1 is 1.33 bits per heavy atom. The number of ether oxygens (including phenoxy) is 1. The predicted octanol–water partition coefficient (Wildman–Crippen LogP) is 2.96. The highest BCUT2D eigenvalue weighted by Crippen LogP contribution is 2.07. The van der Waals surface area contributed by atoms with Gasteiger partial charge in [-0.1, -0.05) is 50.1 Å². The van der Waals surface area contributed by atoms with Gasteiger partial charge in [0.15, 0.2) is 0 Å². The van der Waals surface area contributed by atoms with Crippen LogP contribution in [0.4, 0.5) is 0 Å². The molecule has 0 saturated carbocycles. The summed E-state index contributed by atoms with van der Waals surface area (Å²) in [6.07, 6.45) is 3.62. The topological polar surface area (TPSA) is 26.3 Å². The molecule has 82 valence electrons. The maximum absolute atomic E-state index is 10.7. The Morgan fingerprint density at radius 3 is 2.67 bits per heavy atom. The number of carbonyl (C=O) groups is 1. The Balaban J connectivity index is 2.31. The van der Waals surface area contributed by atoms with Crippen molar-refractivity contribution >= 4 is 6.29 Å². The van der Waals surface area contributed by atoms with E-state index in [0.29, 0.717) is 6.61 Å². The van der Waals surface area contributed by atoms with Crippen molar-refractivity contribution in [1.29, 1.82) is 0 Å². The summed E-state index contributed by atoms with van der Waals surface area (Å²) in [5, 5.41) is 0. The summed E-state index contributed by atoms with van der Waals surface area (Å²) in [7, 11) is 0. The summed E-state index contributed by atoms with van der Waals surface area (Å²) < 4.78 is 5.51. The van der Waals surface area contributed by atoms with Crippen LogP contribution in [0.3, 0.4) is 0 Å². The number of benzene rings is 1. The number of aldehydes is 1. The van der Waals surface area contributed by atoms with Crippen LogP contribution in [0.5, 0.6) is 0 Å². The van der Waals surface area contributed by atoms with E-state index >= 15 is 0 Å². The molecule has 0 aliphatic heterocycles.